The Labute approximate surface area is 296 Å². The summed E-state index contributed by atoms with van der Waals surface area (Å²) in [6, 6.07) is 11.1. The van der Waals surface area contributed by atoms with Crippen molar-refractivity contribution in [2.75, 3.05) is 16.4 Å². The Hall–Kier alpha value is -6.20. The number of amides is 2. The fraction of sp³-hybridized carbons (Fsp3) is 0.111. The minimum Gasteiger partial charge on any atom is -0.399 e. The van der Waals surface area contributed by atoms with Crippen molar-refractivity contribution in [3.8, 4) is 22.3 Å². The molecule has 5 rings (SSSR count). The van der Waals surface area contributed by atoms with Crippen molar-refractivity contribution in [3.05, 3.63) is 130 Å². The van der Waals surface area contributed by atoms with Gasteiger partial charge in [-0.15, -0.1) is 0 Å². The topological polar surface area (TPSA) is 115 Å². The summed E-state index contributed by atoms with van der Waals surface area (Å²) >= 11 is 0. The second kappa shape index (κ2) is 13.7. The second-order valence-corrected chi connectivity index (χ2v) is 11.6. The van der Waals surface area contributed by atoms with E-state index in [4.69, 9.17) is 17.2 Å². The number of hydrogen-bond acceptors (Lipinski definition) is 4. The van der Waals surface area contributed by atoms with Crippen LogP contribution in [-0.4, -0.2) is 11.8 Å². The molecule has 0 bridgehead atoms. The molecule has 0 aliphatic heterocycles. The van der Waals surface area contributed by atoms with Gasteiger partial charge in [-0.25, -0.2) is 0 Å². The van der Waals surface area contributed by atoms with Crippen molar-refractivity contribution < 1.29 is 62.3 Å². The van der Waals surface area contributed by atoms with Crippen LogP contribution in [0.5, 0.6) is 0 Å². The smallest absolute Gasteiger partial charge is 0.399 e. The minimum atomic E-state index is -5.43. The van der Waals surface area contributed by atoms with E-state index >= 15 is 0 Å². The van der Waals surface area contributed by atoms with Gasteiger partial charge in [0.05, 0.1) is 22.3 Å². The number of nitrogen functional groups attached to an aromatic ring is 2. The van der Waals surface area contributed by atoms with Gasteiger partial charge in [-0.05, 0) is 95.1 Å². The van der Waals surface area contributed by atoms with E-state index < -0.39 is 109 Å². The maximum Gasteiger partial charge on any atom is 0.417 e. The van der Waals surface area contributed by atoms with Crippen molar-refractivity contribution in [1.82, 2.24) is 0 Å². The Kier molecular flexibility index (Phi) is 9.86. The zero-order valence-corrected chi connectivity index (χ0v) is 26.8. The molecule has 0 aliphatic rings. The van der Waals surface area contributed by atoms with Crippen molar-refractivity contribution >= 4 is 34.6 Å². The number of nitrogens with two attached hydrogens (primary N) is 3. The highest BCUT2D eigenvalue weighted by Crippen LogP contribution is 2.48. The van der Waals surface area contributed by atoms with Crippen molar-refractivity contribution in [2.45, 2.75) is 24.7 Å². The van der Waals surface area contributed by atoms with Crippen LogP contribution < -0.4 is 22.1 Å². The van der Waals surface area contributed by atoms with Crippen molar-refractivity contribution in [1.29, 1.82) is 0 Å². The summed E-state index contributed by atoms with van der Waals surface area (Å²) in [6.45, 7) is 0. The van der Waals surface area contributed by atoms with Crippen LogP contribution in [0.2, 0.25) is 0 Å². The number of rotatable bonds is 6. The molecule has 0 heterocycles. The molecule has 5 aromatic rings. The zero-order chi connectivity index (χ0) is 40.1. The van der Waals surface area contributed by atoms with E-state index in [1.807, 2.05) is 0 Å². The molecule has 0 aliphatic carbocycles. The predicted molar refractivity (Wildman–Crippen MR) is 174 cm³/mol. The van der Waals surface area contributed by atoms with Crippen LogP contribution in [-0.2, 0) is 24.7 Å². The largest absolute Gasteiger partial charge is 0.417 e. The number of hydrogen-bond donors (Lipinski definition) is 3. The second-order valence-electron chi connectivity index (χ2n) is 11.6. The zero-order valence-electron chi connectivity index (χ0n) is 26.8. The van der Waals surface area contributed by atoms with Crippen LogP contribution >= 0.6 is 0 Å². The number of benzene rings is 5. The van der Waals surface area contributed by atoms with E-state index in [2.05, 4.69) is 0 Å². The molecule has 0 radical (unpaired) electrons. The highest BCUT2D eigenvalue weighted by molar-refractivity contribution is 6.11. The van der Waals surface area contributed by atoms with E-state index in [0.29, 0.717) is 41.3 Å². The van der Waals surface area contributed by atoms with Crippen molar-refractivity contribution in [2.24, 2.45) is 5.73 Å². The van der Waals surface area contributed by atoms with Crippen molar-refractivity contribution in [3.63, 3.8) is 0 Å². The molecule has 2 amide bonds. The maximum atomic E-state index is 14.7. The average Bonchev–Trinajstić information content (AvgIpc) is 3.07. The third-order valence-electron chi connectivity index (χ3n) is 8.03. The molecule has 6 N–H and O–H groups in total. The molecule has 0 aromatic heterocycles. The SMILES string of the molecule is NC(=O)c1ccc(C(=O)N(c2ccc(-c3ccc(N)cc3C(F)(F)F)c(C(F)(F)F)c2)c2ccc(-c3ccc(N)cc3C(F)(F)F)c(C(F)(F)F)c2)cc1. The lowest BCUT2D eigenvalue weighted by atomic mass is 9.92. The van der Waals surface area contributed by atoms with Gasteiger partial charge in [-0.1, -0.05) is 24.3 Å². The van der Waals surface area contributed by atoms with E-state index in [0.717, 1.165) is 48.5 Å². The summed E-state index contributed by atoms with van der Waals surface area (Å²) in [4.78, 5) is 26.0. The lowest BCUT2D eigenvalue weighted by Crippen LogP contribution is -2.27. The highest BCUT2D eigenvalue weighted by atomic mass is 19.4. The number of primary amides is 1. The first-order valence-electron chi connectivity index (χ1n) is 15.0. The minimum absolute atomic E-state index is 0.140. The monoisotopic (exact) mass is 770 g/mol. The molecule has 0 fully saturated rings. The fourth-order valence-corrected chi connectivity index (χ4v) is 5.63. The third-order valence-corrected chi connectivity index (χ3v) is 8.03. The normalized spacial score (nSPS) is 12.4. The van der Waals surface area contributed by atoms with Gasteiger partial charge in [0.1, 0.15) is 0 Å². The van der Waals surface area contributed by atoms with Crippen LogP contribution in [0.15, 0.2) is 97.1 Å². The van der Waals surface area contributed by atoms with Gasteiger partial charge >= 0.3 is 24.7 Å². The molecule has 18 heteroatoms. The van der Waals surface area contributed by atoms with Crippen LogP contribution in [0, 0.1) is 0 Å². The first kappa shape index (κ1) is 39.0. The third kappa shape index (κ3) is 7.91. The van der Waals surface area contributed by atoms with Gasteiger partial charge in [0.25, 0.3) is 5.91 Å². The molecule has 0 saturated heterocycles. The Morgan fingerprint density at radius 2 is 0.722 bits per heavy atom. The molecule has 5 aromatic carbocycles. The fourth-order valence-electron chi connectivity index (χ4n) is 5.63. The quantitative estimate of drug-likeness (QED) is 0.118. The molecule has 0 spiro atoms. The number of nitrogens with zero attached hydrogens (tertiary/aromatic N) is 1. The maximum absolute atomic E-state index is 14.7. The Bertz CT molecular complexity index is 2130. The van der Waals surface area contributed by atoms with Gasteiger partial charge in [-0.2, -0.15) is 52.7 Å². The molecule has 0 atom stereocenters. The number of halogens is 12. The molecule has 0 unspecified atom stereocenters. The summed E-state index contributed by atoms with van der Waals surface area (Å²) in [5, 5.41) is 0. The van der Waals surface area contributed by atoms with Gasteiger partial charge in [0.2, 0.25) is 5.91 Å². The summed E-state index contributed by atoms with van der Waals surface area (Å²) < 4.78 is 172. The van der Waals surface area contributed by atoms with E-state index in [-0.39, 0.29) is 17.7 Å². The molecular formula is C36H22F12N4O2. The first-order chi connectivity index (χ1) is 24.9. The van der Waals surface area contributed by atoms with Crippen LogP contribution in [0.4, 0.5) is 75.4 Å². The van der Waals surface area contributed by atoms with Crippen LogP contribution in [0.25, 0.3) is 22.3 Å². The number of carbonyl (C=O) groups excluding carboxylic acids is 2. The van der Waals surface area contributed by atoms with Gasteiger partial charge in [0, 0.05) is 33.9 Å². The molecular weight excluding hydrogens is 748 g/mol. The van der Waals surface area contributed by atoms with Crippen LogP contribution in [0.3, 0.4) is 0 Å². The van der Waals surface area contributed by atoms with Crippen LogP contribution in [0.1, 0.15) is 43.0 Å². The first-order valence-corrected chi connectivity index (χ1v) is 15.0. The molecule has 54 heavy (non-hydrogen) atoms. The summed E-state index contributed by atoms with van der Waals surface area (Å²) in [7, 11) is 0. The lowest BCUT2D eigenvalue weighted by molar-refractivity contribution is -0.139. The predicted octanol–water partition coefficient (Wildman–Crippen LogP) is 10.3. The van der Waals surface area contributed by atoms with Gasteiger partial charge < -0.3 is 17.2 Å². The summed E-state index contributed by atoms with van der Waals surface area (Å²) in [6.07, 6.45) is -21.3. The van der Waals surface area contributed by atoms with E-state index in [9.17, 15) is 62.3 Å². The summed E-state index contributed by atoms with van der Waals surface area (Å²) in [5.41, 5.74) is 2.48. The van der Waals surface area contributed by atoms with Gasteiger partial charge in [-0.3, -0.25) is 14.5 Å². The highest BCUT2D eigenvalue weighted by Gasteiger charge is 2.41. The number of alkyl halides is 12. The summed E-state index contributed by atoms with van der Waals surface area (Å²) in [5.74, 6) is -2.27. The Morgan fingerprint density at radius 3 is 1.04 bits per heavy atom. The molecule has 0 saturated carbocycles. The Balaban J connectivity index is 1.80. The number of carbonyl (C=O) groups is 2. The van der Waals surface area contributed by atoms with Gasteiger partial charge in [0.15, 0.2) is 0 Å². The number of anilines is 4. The lowest BCUT2D eigenvalue weighted by Gasteiger charge is -2.27. The van der Waals surface area contributed by atoms with E-state index in [1.165, 1.54) is 0 Å². The van der Waals surface area contributed by atoms with E-state index in [1.54, 1.807) is 0 Å². The molecule has 6 nitrogen and oxygen atoms in total. The molecule has 282 valence electrons. The Morgan fingerprint density at radius 1 is 0.426 bits per heavy atom. The standard InChI is InChI=1S/C36H22F12N4O2/c37-33(38,39)27-13-19(49)5-9-23(27)25-11-7-21(15-29(25)35(43,44)45)52(32(54)18-3-1-17(2-4-18)31(51)53)22-8-12-26(30(16-22)36(46,47)48)24-10-6-20(50)14-28(24)34(40,41)42/h1-16H,49-50H2,(H2,51,53). The average molecular weight is 771 g/mol.